The molecule has 0 saturated heterocycles. The average Bonchev–Trinajstić information content (AvgIpc) is 2.94. The molecule has 0 aliphatic rings. The predicted octanol–water partition coefficient (Wildman–Crippen LogP) is 3.09. The van der Waals surface area contributed by atoms with Gasteiger partial charge in [-0.2, -0.15) is 0 Å². The van der Waals surface area contributed by atoms with E-state index in [2.05, 4.69) is 32.6 Å². The van der Waals surface area contributed by atoms with Gasteiger partial charge in [-0.05, 0) is 34.0 Å². The minimum Gasteiger partial charge on any atom is -0.332 e. The second kappa shape index (κ2) is 6.66. The van der Waals surface area contributed by atoms with Gasteiger partial charge in [0.2, 0.25) is 0 Å². The van der Waals surface area contributed by atoms with E-state index in [1.54, 1.807) is 0 Å². The second-order valence-corrected chi connectivity index (χ2v) is 6.53. The molecule has 0 aromatic carbocycles. The van der Waals surface area contributed by atoms with Crippen molar-refractivity contribution in [1.29, 1.82) is 0 Å². The summed E-state index contributed by atoms with van der Waals surface area (Å²) in [5, 5.41) is 2.60. The third-order valence-electron chi connectivity index (χ3n) is 2.97. The molecule has 0 unspecified atom stereocenters. The van der Waals surface area contributed by atoms with Crippen LogP contribution in [-0.4, -0.2) is 21.1 Å². The number of H-pyrrole nitrogens is 1. The summed E-state index contributed by atoms with van der Waals surface area (Å²) in [6.07, 6.45) is 1.42. The molecular weight excluding hydrogens is 446 g/mol. The van der Waals surface area contributed by atoms with Crippen LogP contribution in [0.1, 0.15) is 0 Å². The number of fused-ring (bicyclic) bond motifs is 1. The molecule has 0 aliphatic carbocycles. The Balaban J connectivity index is 0.00000161. The number of aromatic nitrogens is 3. The average molecular weight is 457 g/mol. The number of hydrogen-bond acceptors (Lipinski definition) is 4. The Morgan fingerprint density at radius 1 is 1.52 bits per heavy atom. The smallest absolute Gasteiger partial charge is 0.275 e. The fourth-order valence-electron chi connectivity index (χ4n) is 2.18. The van der Waals surface area contributed by atoms with E-state index >= 15 is 0 Å². The van der Waals surface area contributed by atoms with Crippen LogP contribution in [0.3, 0.4) is 0 Å². The van der Waals surface area contributed by atoms with E-state index in [9.17, 15) is 4.79 Å². The van der Waals surface area contributed by atoms with Crippen LogP contribution in [0.4, 0.5) is 0 Å². The van der Waals surface area contributed by atoms with E-state index in [0.29, 0.717) is 29.1 Å². The minimum atomic E-state index is -0.166. The first-order valence-corrected chi connectivity index (χ1v) is 8.17. The first kappa shape index (κ1) is 16.8. The van der Waals surface area contributed by atoms with Gasteiger partial charge < -0.3 is 15.3 Å². The summed E-state index contributed by atoms with van der Waals surface area (Å²) in [5.74, 6) is 0. The summed E-state index contributed by atoms with van der Waals surface area (Å²) in [7, 11) is 0. The van der Waals surface area contributed by atoms with Crippen molar-refractivity contribution in [3.63, 3.8) is 0 Å². The summed E-state index contributed by atoms with van der Waals surface area (Å²) in [6, 6.07) is 1.85. The van der Waals surface area contributed by atoms with Gasteiger partial charge in [-0.1, -0.05) is 11.6 Å². The molecule has 9 heteroatoms. The lowest BCUT2D eigenvalue weighted by molar-refractivity contribution is 0.738. The van der Waals surface area contributed by atoms with Crippen LogP contribution < -0.4 is 11.3 Å². The molecule has 3 aromatic rings. The van der Waals surface area contributed by atoms with Gasteiger partial charge in [0, 0.05) is 13.1 Å². The maximum absolute atomic E-state index is 12.1. The maximum Gasteiger partial charge on any atom is 0.275 e. The molecule has 0 saturated carbocycles. The van der Waals surface area contributed by atoms with E-state index < -0.39 is 0 Å². The number of hydrogen-bond donors (Lipinski definition) is 2. The van der Waals surface area contributed by atoms with Gasteiger partial charge in [-0.3, -0.25) is 4.79 Å². The molecule has 112 valence electrons. The van der Waals surface area contributed by atoms with Crippen molar-refractivity contribution in [2.24, 2.45) is 5.73 Å². The monoisotopic (exact) mass is 456 g/mol. The fraction of sp³-hybridized carbons (Fsp3) is 0.167. The van der Waals surface area contributed by atoms with Crippen molar-refractivity contribution in [3.8, 4) is 10.6 Å². The number of thiophene rings is 1. The molecule has 3 aromatic heterocycles. The number of rotatable bonds is 3. The van der Waals surface area contributed by atoms with Crippen molar-refractivity contribution in [2.75, 3.05) is 6.54 Å². The molecule has 0 atom stereocenters. The molecule has 21 heavy (non-hydrogen) atoms. The van der Waals surface area contributed by atoms with Gasteiger partial charge >= 0.3 is 0 Å². The lowest BCUT2D eigenvalue weighted by atomic mass is 10.3. The topological polar surface area (TPSA) is 76.7 Å². The zero-order valence-corrected chi connectivity index (χ0v) is 15.1. The third kappa shape index (κ3) is 2.72. The van der Waals surface area contributed by atoms with Crippen molar-refractivity contribution in [1.82, 2.24) is 14.5 Å². The SMILES string of the molecule is Cl.NCCn1c(-c2sccc2Cl)c(I)c2nc[nH]c(=O)c21. The first-order chi connectivity index (χ1) is 9.65. The van der Waals surface area contributed by atoms with Crippen LogP contribution in [0.15, 0.2) is 22.6 Å². The number of nitrogens with zero attached hydrogens (tertiary/aromatic N) is 2. The quantitative estimate of drug-likeness (QED) is 0.594. The van der Waals surface area contributed by atoms with E-state index in [1.165, 1.54) is 17.7 Å². The predicted molar refractivity (Wildman–Crippen MR) is 97.7 cm³/mol. The normalized spacial score (nSPS) is 10.8. The number of aromatic amines is 1. The summed E-state index contributed by atoms with van der Waals surface area (Å²) in [4.78, 5) is 19.9. The van der Waals surface area contributed by atoms with Crippen molar-refractivity contribution in [2.45, 2.75) is 6.54 Å². The van der Waals surface area contributed by atoms with Crippen molar-refractivity contribution >= 4 is 69.0 Å². The van der Waals surface area contributed by atoms with Crippen molar-refractivity contribution < 1.29 is 0 Å². The van der Waals surface area contributed by atoms with Gasteiger partial charge in [0.25, 0.3) is 5.56 Å². The molecule has 0 bridgehead atoms. The molecular formula is C12H11Cl2IN4OS. The minimum absolute atomic E-state index is 0. The highest BCUT2D eigenvalue weighted by Gasteiger charge is 2.22. The molecule has 3 heterocycles. The van der Waals surface area contributed by atoms with E-state index in [-0.39, 0.29) is 18.0 Å². The van der Waals surface area contributed by atoms with Crippen LogP contribution >= 0.6 is 57.9 Å². The van der Waals surface area contributed by atoms with Gasteiger partial charge in [-0.25, -0.2) is 4.98 Å². The molecule has 3 N–H and O–H groups in total. The Morgan fingerprint density at radius 3 is 2.90 bits per heavy atom. The lowest BCUT2D eigenvalue weighted by Crippen LogP contribution is -2.16. The number of nitrogens with one attached hydrogen (secondary N) is 1. The Labute approximate surface area is 149 Å². The Morgan fingerprint density at radius 2 is 2.29 bits per heavy atom. The number of halogens is 3. The molecule has 0 aliphatic heterocycles. The van der Waals surface area contributed by atoms with Gasteiger partial charge in [0.05, 0.1) is 25.5 Å². The second-order valence-electron chi connectivity index (χ2n) is 4.13. The lowest BCUT2D eigenvalue weighted by Gasteiger charge is -2.08. The largest absolute Gasteiger partial charge is 0.332 e. The molecule has 0 fully saturated rings. The summed E-state index contributed by atoms with van der Waals surface area (Å²) in [5.41, 5.74) is 7.66. The van der Waals surface area contributed by atoms with E-state index in [0.717, 1.165) is 14.1 Å². The Bertz CT molecular complexity index is 842. The first-order valence-electron chi connectivity index (χ1n) is 5.84. The van der Waals surface area contributed by atoms with Gasteiger partial charge in [0.1, 0.15) is 11.0 Å². The van der Waals surface area contributed by atoms with Crippen LogP contribution in [0, 0.1) is 3.57 Å². The molecule has 0 amide bonds. The molecule has 5 nitrogen and oxygen atoms in total. The fourth-order valence-corrected chi connectivity index (χ4v) is 4.53. The number of nitrogens with two attached hydrogens (primary N) is 1. The standard InChI is InChI=1S/C12H10ClIN4OS.ClH/c13-6-1-4-20-11(6)9-7(14)8-10(18(9)3-2-15)12(19)17-5-16-8;/h1,4-5H,2-3,15H2,(H,16,17,19);1H. The highest BCUT2D eigenvalue weighted by molar-refractivity contribution is 14.1. The van der Waals surface area contributed by atoms with Crippen molar-refractivity contribution in [3.05, 3.63) is 36.7 Å². The van der Waals surface area contributed by atoms with Gasteiger partial charge in [0.15, 0.2) is 0 Å². The zero-order chi connectivity index (χ0) is 14.3. The molecule has 0 radical (unpaired) electrons. The van der Waals surface area contributed by atoms with E-state index in [1.807, 2.05) is 16.0 Å². The van der Waals surface area contributed by atoms with E-state index in [4.69, 9.17) is 17.3 Å². The van der Waals surface area contributed by atoms with Gasteiger partial charge in [-0.15, -0.1) is 23.7 Å². The Kier molecular flexibility index (Phi) is 5.31. The summed E-state index contributed by atoms with van der Waals surface area (Å²) < 4.78 is 2.82. The molecule has 0 spiro atoms. The maximum atomic E-state index is 12.1. The highest BCUT2D eigenvalue weighted by Crippen LogP contribution is 2.39. The van der Waals surface area contributed by atoms with Crippen LogP contribution in [-0.2, 0) is 6.54 Å². The zero-order valence-electron chi connectivity index (χ0n) is 10.6. The summed E-state index contributed by atoms with van der Waals surface area (Å²) >= 11 is 9.99. The summed E-state index contributed by atoms with van der Waals surface area (Å²) in [6.45, 7) is 0.974. The van der Waals surface area contributed by atoms with Crippen LogP contribution in [0.25, 0.3) is 21.6 Å². The Hall–Kier alpha value is -0.610. The highest BCUT2D eigenvalue weighted by atomic mass is 127. The molecule has 3 rings (SSSR count). The third-order valence-corrected chi connectivity index (χ3v) is 5.34. The van der Waals surface area contributed by atoms with Crippen LogP contribution in [0.5, 0.6) is 0 Å². The van der Waals surface area contributed by atoms with Crippen LogP contribution in [0.2, 0.25) is 5.02 Å².